The fraction of sp³-hybridized carbons (Fsp3) is 0.769. The Balaban J connectivity index is 1.68. The average Bonchev–Trinajstić information content (AvgIpc) is 2.48. The third-order valence-corrected chi connectivity index (χ3v) is 3.80. The van der Waals surface area contributed by atoms with Crippen molar-refractivity contribution in [2.45, 2.75) is 6.42 Å². The van der Waals surface area contributed by atoms with E-state index in [1.54, 1.807) is 9.80 Å². The molecule has 2 aliphatic heterocycles. The number of hydrazine groups is 1. The summed E-state index contributed by atoms with van der Waals surface area (Å²) in [7, 11) is 0. The summed E-state index contributed by atoms with van der Waals surface area (Å²) >= 11 is 0. The summed E-state index contributed by atoms with van der Waals surface area (Å²) in [6.07, 6.45) is -0.164. The number of hydrogen-bond acceptors (Lipinski definition) is 6. The van der Waals surface area contributed by atoms with E-state index in [0.717, 1.165) is 26.2 Å². The second-order valence-electron chi connectivity index (χ2n) is 5.50. The van der Waals surface area contributed by atoms with E-state index in [1.165, 1.54) is 0 Å². The highest BCUT2D eigenvalue weighted by Crippen LogP contribution is 2.04. The molecule has 2 heterocycles. The molecule has 9 heteroatoms. The summed E-state index contributed by atoms with van der Waals surface area (Å²) in [5.74, 6) is -1.36. The Kier molecular flexibility index (Phi) is 6.10. The normalized spacial score (nSPS) is 20.6. The van der Waals surface area contributed by atoms with Crippen molar-refractivity contribution in [1.29, 1.82) is 0 Å². The number of carboxylic acid groups (broad SMARTS) is 1. The summed E-state index contributed by atoms with van der Waals surface area (Å²) in [6, 6.07) is 0. The minimum Gasteiger partial charge on any atom is -0.480 e. The van der Waals surface area contributed by atoms with Gasteiger partial charge in [0.25, 0.3) is 0 Å². The summed E-state index contributed by atoms with van der Waals surface area (Å²) in [4.78, 5) is 38.0. The third-order valence-electron chi connectivity index (χ3n) is 3.80. The zero-order valence-corrected chi connectivity index (χ0v) is 12.6. The van der Waals surface area contributed by atoms with Crippen molar-refractivity contribution in [2.75, 3.05) is 58.9 Å². The molecule has 2 aliphatic rings. The smallest absolute Gasteiger partial charge is 0.317 e. The summed E-state index contributed by atoms with van der Waals surface area (Å²) in [5.41, 5.74) is 2.74. The molecule has 22 heavy (non-hydrogen) atoms. The SMILES string of the molecule is O=C(O)CN1CCN(C(=O)CC(=O)NN2CCNCC2)CC1. The molecule has 0 atom stereocenters. The maximum absolute atomic E-state index is 12.1. The van der Waals surface area contributed by atoms with Gasteiger partial charge in [-0.25, -0.2) is 5.01 Å². The number of carbonyl (C=O) groups is 3. The number of carbonyl (C=O) groups excluding carboxylic acids is 2. The first kappa shape index (κ1) is 16.7. The van der Waals surface area contributed by atoms with Gasteiger partial charge >= 0.3 is 5.97 Å². The highest BCUT2D eigenvalue weighted by Gasteiger charge is 2.24. The van der Waals surface area contributed by atoms with Gasteiger partial charge < -0.3 is 15.3 Å². The molecular formula is C13H23N5O4. The topological polar surface area (TPSA) is 105 Å². The number of nitrogens with one attached hydrogen (secondary N) is 2. The Labute approximate surface area is 129 Å². The molecule has 0 bridgehead atoms. The number of aliphatic carboxylic acids is 1. The van der Waals surface area contributed by atoms with E-state index in [9.17, 15) is 14.4 Å². The predicted molar refractivity (Wildman–Crippen MR) is 77.9 cm³/mol. The molecule has 2 fully saturated rings. The van der Waals surface area contributed by atoms with Crippen molar-refractivity contribution < 1.29 is 19.5 Å². The van der Waals surface area contributed by atoms with Crippen molar-refractivity contribution in [3.8, 4) is 0 Å². The van der Waals surface area contributed by atoms with Gasteiger partial charge in [-0.15, -0.1) is 0 Å². The number of carboxylic acids is 1. The molecule has 2 rings (SSSR count). The standard InChI is InChI=1S/C13H23N5O4/c19-11(15-18-3-1-14-2-4-18)9-12(20)17-7-5-16(6-8-17)10-13(21)22/h14H,1-10H2,(H,15,19)(H,21,22). The Hall–Kier alpha value is -1.71. The zero-order valence-electron chi connectivity index (χ0n) is 12.6. The van der Waals surface area contributed by atoms with E-state index >= 15 is 0 Å². The molecule has 9 nitrogen and oxygen atoms in total. The second-order valence-corrected chi connectivity index (χ2v) is 5.50. The molecule has 0 spiro atoms. The van der Waals surface area contributed by atoms with Crippen molar-refractivity contribution in [1.82, 2.24) is 25.6 Å². The van der Waals surface area contributed by atoms with Crippen LogP contribution in [0.4, 0.5) is 0 Å². The molecule has 0 unspecified atom stereocenters. The maximum atomic E-state index is 12.1. The summed E-state index contributed by atoms with van der Waals surface area (Å²) < 4.78 is 0. The van der Waals surface area contributed by atoms with E-state index in [2.05, 4.69) is 10.7 Å². The van der Waals surface area contributed by atoms with Gasteiger partial charge in [-0.1, -0.05) is 0 Å². The molecule has 2 saturated heterocycles. The van der Waals surface area contributed by atoms with Crippen molar-refractivity contribution in [3.63, 3.8) is 0 Å². The van der Waals surface area contributed by atoms with Crippen LogP contribution in [0.2, 0.25) is 0 Å². The van der Waals surface area contributed by atoms with Crippen LogP contribution in [0, 0.1) is 0 Å². The lowest BCUT2D eigenvalue weighted by Crippen LogP contribution is -2.54. The molecule has 0 aromatic carbocycles. The zero-order chi connectivity index (χ0) is 15.9. The minimum atomic E-state index is -0.866. The molecular weight excluding hydrogens is 290 g/mol. The molecule has 0 radical (unpaired) electrons. The largest absolute Gasteiger partial charge is 0.480 e. The van der Waals surface area contributed by atoms with Crippen LogP contribution < -0.4 is 10.7 Å². The van der Waals surface area contributed by atoms with Crippen molar-refractivity contribution in [2.24, 2.45) is 0 Å². The van der Waals surface area contributed by atoms with Gasteiger partial charge in [0.2, 0.25) is 11.8 Å². The van der Waals surface area contributed by atoms with Gasteiger partial charge in [0, 0.05) is 52.4 Å². The van der Waals surface area contributed by atoms with E-state index < -0.39 is 5.97 Å². The van der Waals surface area contributed by atoms with Gasteiger partial charge in [0.1, 0.15) is 6.42 Å². The highest BCUT2D eigenvalue weighted by atomic mass is 16.4. The molecule has 0 aromatic heterocycles. The molecule has 0 aromatic rings. The monoisotopic (exact) mass is 313 g/mol. The third kappa shape index (κ3) is 5.24. The Bertz CT molecular complexity index is 417. The fourth-order valence-electron chi connectivity index (χ4n) is 2.59. The lowest BCUT2D eigenvalue weighted by Gasteiger charge is -2.34. The Morgan fingerprint density at radius 2 is 1.64 bits per heavy atom. The number of rotatable bonds is 5. The van der Waals surface area contributed by atoms with Crippen LogP contribution in [-0.4, -0.2) is 96.6 Å². The van der Waals surface area contributed by atoms with Crippen LogP contribution >= 0.6 is 0 Å². The molecule has 0 aliphatic carbocycles. The molecule has 2 amide bonds. The number of nitrogens with zero attached hydrogens (tertiary/aromatic N) is 3. The maximum Gasteiger partial charge on any atom is 0.317 e. The quantitative estimate of drug-likeness (QED) is 0.484. The van der Waals surface area contributed by atoms with Crippen LogP contribution in [0.1, 0.15) is 6.42 Å². The summed E-state index contributed by atoms with van der Waals surface area (Å²) in [5, 5.41) is 13.7. The lowest BCUT2D eigenvalue weighted by molar-refractivity contribution is -0.140. The van der Waals surface area contributed by atoms with Crippen LogP contribution in [0.3, 0.4) is 0 Å². The second kappa shape index (κ2) is 8.06. The number of hydrogen-bond donors (Lipinski definition) is 3. The van der Waals surface area contributed by atoms with Crippen LogP contribution in [-0.2, 0) is 14.4 Å². The lowest BCUT2D eigenvalue weighted by atomic mass is 10.2. The van der Waals surface area contributed by atoms with Crippen LogP contribution in [0.5, 0.6) is 0 Å². The average molecular weight is 313 g/mol. The Morgan fingerprint density at radius 1 is 1.00 bits per heavy atom. The van der Waals surface area contributed by atoms with Gasteiger partial charge in [-0.2, -0.15) is 0 Å². The van der Waals surface area contributed by atoms with Gasteiger partial charge in [0.15, 0.2) is 0 Å². The first-order chi connectivity index (χ1) is 10.5. The molecule has 3 N–H and O–H groups in total. The first-order valence-corrected chi connectivity index (χ1v) is 7.51. The van der Waals surface area contributed by atoms with Gasteiger partial charge in [-0.05, 0) is 0 Å². The summed E-state index contributed by atoms with van der Waals surface area (Å²) in [6.45, 7) is 5.07. The van der Waals surface area contributed by atoms with Crippen LogP contribution in [0.15, 0.2) is 0 Å². The van der Waals surface area contributed by atoms with E-state index in [1.807, 2.05) is 5.01 Å². The van der Waals surface area contributed by atoms with E-state index in [4.69, 9.17) is 5.11 Å². The van der Waals surface area contributed by atoms with Gasteiger partial charge in [-0.3, -0.25) is 24.7 Å². The highest BCUT2D eigenvalue weighted by molar-refractivity contribution is 5.96. The van der Waals surface area contributed by atoms with Crippen molar-refractivity contribution >= 4 is 17.8 Å². The molecule has 0 saturated carbocycles. The van der Waals surface area contributed by atoms with Gasteiger partial charge in [0.05, 0.1) is 6.54 Å². The Morgan fingerprint density at radius 3 is 2.23 bits per heavy atom. The van der Waals surface area contributed by atoms with E-state index in [0.29, 0.717) is 26.2 Å². The predicted octanol–water partition coefficient (Wildman–Crippen LogP) is -2.46. The van der Waals surface area contributed by atoms with Crippen molar-refractivity contribution in [3.05, 3.63) is 0 Å². The first-order valence-electron chi connectivity index (χ1n) is 7.51. The van der Waals surface area contributed by atoms with E-state index in [-0.39, 0.29) is 24.8 Å². The minimum absolute atomic E-state index is 0.00842. The number of amides is 2. The number of piperazine rings is 2. The molecule has 124 valence electrons. The fourth-order valence-corrected chi connectivity index (χ4v) is 2.59. The van der Waals surface area contributed by atoms with Crippen LogP contribution in [0.25, 0.3) is 0 Å².